The van der Waals surface area contributed by atoms with Crippen LogP contribution in [-0.4, -0.2) is 34.0 Å². The lowest BCUT2D eigenvalue weighted by Gasteiger charge is -2.33. The van der Waals surface area contributed by atoms with Gasteiger partial charge in [-0.2, -0.15) is 13.2 Å². The molecule has 0 rings (SSSR count). The highest BCUT2D eigenvalue weighted by molar-refractivity contribution is 5.75. The Kier molecular flexibility index (Phi) is 7.36. The molecule has 19 heavy (non-hydrogen) atoms. The third-order valence-corrected chi connectivity index (χ3v) is 3.18. The van der Waals surface area contributed by atoms with Crippen LogP contribution in [0.15, 0.2) is 0 Å². The summed E-state index contributed by atoms with van der Waals surface area (Å²) < 4.78 is 38.3. The van der Waals surface area contributed by atoms with Gasteiger partial charge in [-0.3, -0.25) is 4.79 Å². The summed E-state index contributed by atoms with van der Waals surface area (Å²) in [7, 11) is 0. The Bertz CT molecular complexity index is 284. The maximum Gasteiger partial charge on any atom is 0.419 e. The van der Waals surface area contributed by atoms with Crippen molar-refractivity contribution in [3.63, 3.8) is 0 Å². The number of carboxylic acids is 1. The third-order valence-electron chi connectivity index (χ3n) is 3.18. The number of unbranched alkanes of at least 4 members (excludes halogenated alkanes) is 5. The summed E-state index contributed by atoms with van der Waals surface area (Å²) in [6, 6.07) is -2.36. The molecule has 7 heteroatoms. The van der Waals surface area contributed by atoms with Crippen LogP contribution in [0.5, 0.6) is 0 Å². The number of halogens is 3. The highest BCUT2D eigenvalue weighted by Crippen LogP contribution is 2.36. The molecule has 0 aromatic carbocycles. The first-order valence-corrected chi connectivity index (χ1v) is 6.44. The predicted molar refractivity (Wildman–Crippen MR) is 64.6 cm³/mol. The second kappa shape index (κ2) is 7.69. The number of rotatable bonds is 9. The molecule has 0 bridgehead atoms. The van der Waals surface area contributed by atoms with Crippen LogP contribution in [0.25, 0.3) is 0 Å². The summed E-state index contributed by atoms with van der Waals surface area (Å²) in [5, 5.41) is 18.1. The number of nitrogens with two attached hydrogens (primary N) is 1. The maximum atomic E-state index is 12.8. The molecule has 114 valence electrons. The SMILES string of the molecule is CCCCCCCC[C@](O)([C@H](N)C(=O)O)C(F)(F)F. The van der Waals surface area contributed by atoms with Gasteiger partial charge < -0.3 is 15.9 Å². The van der Waals surface area contributed by atoms with Crippen LogP contribution in [0.2, 0.25) is 0 Å². The van der Waals surface area contributed by atoms with Crippen molar-refractivity contribution in [1.82, 2.24) is 0 Å². The molecule has 0 spiro atoms. The van der Waals surface area contributed by atoms with Gasteiger partial charge in [-0.1, -0.05) is 45.4 Å². The van der Waals surface area contributed by atoms with Crippen LogP contribution < -0.4 is 5.73 Å². The lowest BCUT2D eigenvalue weighted by molar-refractivity contribution is -0.270. The monoisotopic (exact) mass is 285 g/mol. The van der Waals surface area contributed by atoms with Crippen molar-refractivity contribution in [2.24, 2.45) is 5.73 Å². The quantitative estimate of drug-likeness (QED) is 0.568. The van der Waals surface area contributed by atoms with Crippen molar-refractivity contribution in [3.8, 4) is 0 Å². The summed E-state index contributed by atoms with van der Waals surface area (Å²) in [6.45, 7) is 2.02. The highest BCUT2D eigenvalue weighted by atomic mass is 19.4. The van der Waals surface area contributed by atoms with Crippen LogP contribution in [0.3, 0.4) is 0 Å². The fourth-order valence-corrected chi connectivity index (χ4v) is 1.85. The van der Waals surface area contributed by atoms with Crippen molar-refractivity contribution < 1.29 is 28.2 Å². The van der Waals surface area contributed by atoms with E-state index in [0.29, 0.717) is 6.42 Å². The van der Waals surface area contributed by atoms with Crippen LogP contribution in [-0.2, 0) is 4.79 Å². The average Bonchev–Trinajstić information content (AvgIpc) is 2.30. The molecule has 0 saturated heterocycles. The van der Waals surface area contributed by atoms with E-state index >= 15 is 0 Å². The van der Waals surface area contributed by atoms with Gasteiger partial charge in [0.25, 0.3) is 0 Å². The number of aliphatic carboxylic acids is 1. The van der Waals surface area contributed by atoms with E-state index in [-0.39, 0.29) is 6.42 Å². The van der Waals surface area contributed by atoms with Crippen molar-refractivity contribution in [2.45, 2.75) is 69.7 Å². The number of hydrogen-bond donors (Lipinski definition) is 3. The van der Waals surface area contributed by atoms with Crippen LogP contribution in [0.4, 0.5) is 13.2 Å². The molecule has 0 saturated carbocycles. The molecular weight excluding hydrogens is 263 g/mol. The van der Waals surface area contributed by atoms with E-state index in [0.717, 1.165) is 25.7 Å². The van der Waals surface area contributed by atoms with E-state index in [1.807, 2.05) is 6.92 Å². The van der Waals surface area contributed by atoms with Crippen molar-refractivity contribution >= 4 is 5.97 Å². The van der Waals surface area contributed by atoms with Gasteiger partial charge >= 0.3 is 12.1 Å². The first-order valence-electron chi connectivity index (χ1n) is 6.44. The lowest BCUT2D eigenvalue weighted by Crippen LogP contribution is -2.61. The molecule has 4 N–H and O–H groups in total. The van der Waals surface area contributed by atoms with Crippen LogP contribution in [0, 0.1) is 0 Å². The van der Waals surface area contributed by atoms with Gasteiger partial charge in [-0.15, -0.1) is 0 Å². The van der Waals surface area contributed by atoms with Gasteiger partial charge in [0.2, 0.25) is 0 Å². The van der Waals surface area contributed by atoms with Crippen LogP contribution in [0.1, 0.15) is 51.9 Å². The summed E-state index contributed by atoms with van der Waals surface area (Å²) >= 11 is 0. The summed E-state index contributed by atoms with van der Waals surface area (Å²) in [5.74, 6) is -1.86. The van der Waals surface area contributed by atoms with E-state index in [2.05, 4.69) is 0 Å². The second-order valence-electron chi connectivity index (χ2n) is 4.76. The zero-order chi connectivity index (χ0) is 15.1. The molecule has 0 aliphatic heterocycles. The summed E-state index contributed by atoms with van der Waals surface area (Å²) in [5.41, 5.74) is 1.62. The van der Waals surface area contributed by atoms with Crippen LogP contribution >= 0.6 is 0 Å². The van der Waals surface area contributed by atoms with Gasteiger partial charge in [0.15, 0.2) is 5.60 Å². The first-order chi connectivity index (χ1) is 8.66. The topological polar surface area (TPSA) is 83.5 Å². The Balaban J connectivity index is 4.42. The standard InChI is InChI=1S/C12H22F3NO3/c1-2-3-4-5-6-7-8-11(19,12(13,14)15)9(16)10(17)18/h9,19H,2-8,16H2,1H3,(H,17,18)/t9-,11+/m1/s1. The minimum Gasteiger partial charge on any atom is -0.480 e. The highest BCUT2D eigenvalue weighted by Gasteiger charge is 2.59. The summed E-state index contributed by atoms with van der Waals surface area (Å²) in [6.07, 6.45) is -1.39. The number of aliphatic hydroxyl groups is 1. The molecule has 2 atom stereocenters. The minimum absolute atomic E-state index is 0.0979. The molecule has 0 aliphatic carbocycles. The first kappa shape index (κ1) is 18.2. The van der Waals surface area contributed by atoms with Gasteiger partial charge in [0.1, 0.15) is 6.04 Å². The van der Waals surface area contributed by atoms with E-state index in [9.17, 15) is 23.1 Å². The van der Waals surface area contributed by atoms with Gasteiger partial charge in [-0.25, -0.2) is 0 Å². The second-order valence-corrected chi connectivity index (χ2v) is 4.76. The van der Waals surface area contributed by atoms with E-state index < -0.39 is 30.2 Å². The molecule has 0 aromatic rings. The molecule has 0 aromatic heterocycles. The van der Waals surface area contributed by atoms with Gasteiger partial charge in [0, 0.05) is 0 Å². The van der Waals surface area contributed by atoms with E-state index in [1.54, 1.807) is 0 Å². The smallest absolute Gasteiger partial charge is 0.419 e. The van der Waals surface area contributed by atoms with E-state index in [1.165, 1.54) is 0 Å². The summed E-state index contributed by atoms with van der Waals surface area (Å²) in [4.78, 5) is 10.6. The van der Waals surface area contributed by atoms with E-state index in [4.69, 9.17) is 10.8 Å². The fraction of sp³-hybridized carbons (Fsp3) is 0.917. The maximum absolute atomic E-state index is 12.8. The zero-order valence-electron chi connectivity index (χ0n) is 11.0. The molecule has 0 amide bonds. The molecule has 0 heterocycles. The van der Waals surface area contributed by atoms with Crippen molar-refractivity contribution in [3.05, 3.63) is 0 Å². The number of carboxylic acid groups (broad SMARTS) is 1. The average molecular weight is 285 g/mol. The lowest BCUT2D eigenvalue weighted by atomic mass is 9.87. The Hall–Kier alpha value is -0.820. The number of hydrogen-bond acceptors (Lipinski definition) is 3. The molecule has 0 unspecified atom stereocenters. The largest absolute Gasteiger partial charge is 0.480 e. The Labute approximate surface area is 110 Å². The van der Waals surface area contributed by atoms with Gasteiger partial charge in [0.05, 0.1) is 0 Å². The fourth-order valence-electron chi connectivity index (χ4n) is 1.85. The minimum atomic E-state index is -5.05. The molecule has 0 aliphatic rings. The zero-order valence-corrected chi connectivity index (χ0v) is 11.0. The van der Waals surface area contributed by atoms with Crippen molar-refractivity contribution in [1.29, 1.82) is 0 Å². The number of carbonyl (C=O) groups is 1. The van der Waals surface area contributed by atoms with Crippen molar-refractivity contribution in [2.75, 3.05) is 0 Å². The number of alkyl halides is 3. The Morgan fingerprint density at radius 1 is 1.16 bits per heavy atom. The molecule has 4 nitrogen and oxygen atoms in total. The Morgan fingerprint density at radius 3 is 2.05 bits per heavy atom. The normalized spacial score (nSPS) is 16.9. The van der Waals surface area contributed by atoms with Gasteiger partial charge in [-0.05, 0) is 6.42 Å². The Morgan fingerprint density at radius 2 is 1.63 bits per heavy atom. The molecule has 0 radical (unpaired) electrons. The predicted octanol–water partition coefficient (Wildman–Crippen LogP) is 2.44. The molecule has 0 fully saturated rings. The molecular formula is C12H22F3NO3. The third kappa shape index (κ3) is 5.36.